The first-order chi connectivity index (χ1) is 7.72. The van der Waals surface area contributed by atoms with Crippen molar-refractivity contribution in [3.63, 3.8) is 0 Å². The molecule has 0 aliphatic carbocycles. The zero-order valence-electron chi connectivity index (χ0n) is 9.70. The Morgan fingerprint density at radius 1 is 1.38 bits per heavy atom. The predicted molar refractivity (Wildman–Crippen MR) is 66.4 cm³/mol. The Morgan fingerprint density at radius 3 is 2.69 bits per heavy atom. The molecule has 1 aliphatic heterocycles. The minimum atomic E-state index is 0.153. The number of carbonyl (C=O) groups excluding carboxylic acids is 1. The molecule has 0 spiro atoms. The van der Waals surface area contributed by atoms with E-state index in [0.29, 0.717) is 0 Å². The van der Waals surface area contributed by atoms with Crippen molar-refractivity contribution in [2.75, 3.05) is 13.1 Å². The number of amides is 1. The van der Waals surface area contributed by atoms with Crippen LogP contribution in [-0.4, -0.2) is 23.9 Å². The number of aryl methyl sites for hydroxylation is 1. The Labute approximate surface area is 96.6 Å². The van der Waals surface area contributed by atoms with Crippen molar-refractivity contribution in [3.8, 4) is 0 Å². The van der Waals surface area contributed by atoms with Gasteiger partial charge in [0.1, 0.15) is 0 Å². The van der Waals surface area contributed by atoms with E-state index in [2.05, 4.69) is 6.58 Å². The van der Waals surface area contributed by atoms with Crippen LogP contribution in [0.5, 0.6) is 0 Å². The van der Waals surface area contributed by atoms with Crippen molar-refractivity contribution in [3.05, 3.63) is 41.5 Å². The molecule has 0 N–H and O–H groups in total. The highest BCUT2D eigenvalue weighted by atomic mass is 16.2. The first-order valence-corrected chi connectivity index (χ1v) is 5.75. The van der Waals surface area contributed by atoms with Crippen molar-refractivity contribution in [1.82, 2.24) is 4.90 Å². The minimum Gasteiger partial charge on any atom is -0.339 e. The lowest BCUT2D eigenvalue weighted by atomic mass is 10.0. The lowest BCUT2D eigenvalue weighted by molar-refractivity contribution is 0.0793. The molecule has 0 radical (unpaired) electrons. The maximum atomic E-state index is 12.1. The highest BCUT2D eigenvalue weighted by Crippen LogP contribution is 2.16. The second-order valence-electron chi connectivity index (χ2n) is 4.27. The monoisotopic (exact) mass is 215 g/mol. The van der Waals surface area contributed by atoms with Crippen molar-refractivity contribution < 1.29 is 4.79 Å². The average molecular weight is 215 g/mol. The molecule has 84 valence electrons. The molecular formula is C14H17NO. The van der Waals surface area contributed by atoms with Crippen LogP contribution in [0.15, 0.2) is 24.8 Å². The summed E-state index contributed by atoms with van der Waals surface area (Å²) in [5.41, 5.74) is 2.99. The van der Waals surface area contributed by atoms with E-state index in [1.165, 1.54) is 0 Å². The molecule has 1 amide bonds. The molecule has 0 bridgehead atoms. The zero-order chi connectivity index (χ0) is 11.5. The number of nitrogens with zero attached hydrogens (tertiary/aromatic N) is 1. The second kappa shape index (κ2) is 4.52. The third kappa shape index (κ3) is 2.01. The van der Waals surface area contributed by atoms with Crippen LogP contribution in [0.2, 0.25) is 0 Å². The molecule has 1 aromatic carbocycles. The van der Waals surface area contributed by atoms with Gasteiger partial charge in [0.05, 0.1) is 0 Å². The third-order valence-electron chi connectivity index (χ3n) is 3.14. The largest absolute Gasteiger partial charge is 0.339 e. The molecule has 2 heteroatoms. The van der Waals surface area contributed by atoms with Crippen molar-refractivity contribution >= 4 is 12.0 Å². The van der Waals surface area contributed by atoms with Crippen LogP contribution in [0, 0.1) is 6.92 Å². The lowest BCUT2D eigenvalue weighted by Crippen LogP contribution is -2.27. The van der Waals surface area contributed by atoms with Crippen molar-refractivity contribution in [1.29, 1.82) is 0 Å². The molecule has 1 aliphatic rings. The molecule has 2 nitrogen and oxygen atoms in total. The SMILES string of the molecule is C=Cc1cc(C(=O)N2CCCC2)ccc1C. The maximum absolute atomic E-state index is 12.1. The molecule has 0 aromatic heterocycles. The summed E-state index contributed by atoms with van der Waals surface area (Å²) < 4.78 is 0. The van der Waals surface area contributed by atoms with Crippen molar-refractivity contribution in [2.45, 2.75) is 19.8 Å². The number of benzene rings is 1. The van der Waals surface area contributed by atoms with E-state index in [-0.39, 0.29) is 5.91 Å². The zero-order valence-corrected chi connectivity index (χ0v) is 9.70. The smallest absolute Gasteiger partial charge is 0.253 e. The van der Waals surface area contributed by atoms with Crippen molar-refractivity contribution in [2.24, 2.45) is 0 Å². The van der Waals surface area contributed by atoms with Gasteiger partial charge >= 0.3 is 0 Å². The van der Waals surface area contributed by atoms with E-state index in [1.54, 1.807) is 6.08 Å². The highest BCUT2D eigenvalue weighted by molar-refractivity contribution is 5.95. The molecule has 1 saturated heterocycles. The van der Waals surface area contributed by atoms with Gasteiger partial charge in [-0.2, -0.15) is 0 Å². The fourth-order valence-electron chi connectivity index (χ4n) is 2.10. The first kappa shape index (κ1) is 10.9. The Morgan fingerprint density at radius 2 is 2.06 bits per heavy atom. The van der Waals surface area contributed by atoms with Crippen LogP contribution in [-0.2, 0) is 0 Å². The Kier molecular flexibility index (Phi) is 3.09. The summed E-state index contributed by atoms with van der Waals surface area (Å²) in [4.78, 5) is 14.0. The standard InChI is InChI=1S/C14H17NO/c1-3-12-10-13(7-6-11(12)2)14(16)15-8-4-5-9-15/h3,6-7,10H,1,4-5,8-9H2,2H3. The van der Waals surface area contributed by atoms with Gasteiger partial charge in [-0.3, -0.25) is 4.79 Å². The van der Waals surface area contributed by atoms with Gasteiger partial charge in [0.25, 0.3) is 5.91 Å². The van der Waals surface area contributed by atoms with E-state index in [1.807, 2.05) is 30.0 Å². The Bertz CT molecular complexity index is 417. The molecule has 16 heavy (non-hydrogen) atoms. The van der Waals surface area contributed by atoms with E-state index in [9.17, 15) is 4.79 Å². The van der Waals surface area contributed by atoms with Gasteiger partial charge in [0, 0.05) is 18.7 Å². The molecule has 1 heterocycles. The van der Waals surface area contributed by atoms with E-state index < -0.39 is 0 Å². The minimum absolute atomic E-state index is 0.153. The molecule has 0 atom stereocenters. The average Bonchev–Trinajstić information content (AvgIpc) is 2.82. The fraction of sp³-hybridized carbons (Fsp3) is 0.357. The molecule has 1 fully saturated rings. The molecule has 1 aromatic rings. The van der Waals surface area contributed by atoms with E-state index in [0.717, 1.165) is 42.6 Å². The summed E-state index contributed by atoms with van der Waals surface area (Å²) in [5, 5.41) is 0. The van der Waals surface area contributed by atoms with Crippen LogP contribution in [0.25, 0.3) is 6.08 Å². The van der Waals surface area contributed by atoms with Crippen LogP contribution >= 0.6 is 0 Å². The van der Waals surface area contributed by atoms with Crippen LogP contribution in [0.3, 0.4) is 0 Å². The van der Waals surface area contributed by atoms with Gasteiger partial charge in [-0.15, -0.1) is 0 Å². The van der Waals surface area contributed by atoms with Gasteiger partial charge in [0.2, 0.25) is 0 Å². The van der Waals surface area contributed by atoms with Gasteiger partial charge in [-0.05, 0) is 43.0 Å². The molecule has 2 rings (SSSR count). The Balaban J connectivity index is 2.26. The third-order valence-corrected chi connectivity index (χ3v) is 3.14. The summed E-state index contributed by atoms with van der Waals surface area (Å²) in [5.74, 6) is 0.153. The number of carbonyl (C=O) groups is 1. The number of hydrogen-bond donors (Lipinski definition) is 0. The molecule has 0 unspecified atom stereocenters. The summed E-state index contributed by atoms with van der Waals surface area (Å²) >= 11 is 0. The highest BCUT2D eigenvalue weighted by Gasteiger charge is 2.19. The van der Waals surface area contributed by atoms with E-state index in [4.69, 9.17) is 0 Å². The van der Waals surface area contributed by atoms with Crippen LogP contribution < -0.4 is 0 Å². The van der Waals surface area contributed by atoms with Gasteiger partial charge in [-0.25, -0.2) is 0 Å². The second-order valence-corrected chi connectivity index (χ2v) is 4.27. The molecule has 0 saturated carbocycles. The van der Waals surface area contributed by atoms with Crippen LogP contribution in [0.1, 0.15) is 34.3 Å². The quantitative estimate of drug-likeness (QED) is 0.743. The van der Waals surface area contributed by atoms with Gasteiger partial charge in [-0.1, -0.05) is 18.7 Å². The van der Waals surface area contributed by atoms with Gasteiger partial charge < -0.3 is 4.90 Å². The Hall–Kier alpha value is -1.57. The maximum Gasteiger partial charge on any atom is 0.253 e. The summed E-state index contributed by atoms with van der Waals surface area (Å²) in [7, 11) is 0. The summed E-state index contributed by atoms with van der Waals surface area (Å²) in [6.45, 7) is 7.59. The predicted octanol–water partition coefficient (Wildman–Crippen LogP) is 2.87. The fourth-order valence-corrected chi connectivity index (χ4v) is 2.10. The van der Waals surface area contributed by atoms with Gasteiger partial charge in [0.15, 0.2) is 0 Å². The van der Waals surface area contributed by atoms with E-state index >= 15 is 0 Å². The first-order valence-electron chi connectivity index (χ1n) is 5.75. The topological polar surface area (TPSA) is 20.3 Å². The summed E-state index contributed by atoms with van der Waals surface area (Å²) in [6.07, 6.45) is 4.06. The number of hydrogen-bond acceptors (Lipinski definition) is 1. The lowest BCUT2D eigenvalue weighted by Gasteiger charge is -2.15. The van der Waals surface area contributed by atoms with Crippen LogP contribution in [0.4, 0.5) is 0 Å². The number of likely N-dealkylation sites (tertiary alicyclic amines) is 1. The molecular weight excluding hydrogens is 198 g/mol. The summed E-state index contributed by atoms with van der Waals surface area (Å²) in [6, 6.07) is 5.83. The normalized spacial score (nSPS) is 15.2. The number of rotatable bonds is 2.